The smallest absolute Gasteiger partial charge is 0.410 e. The van der Waals surface area contributed by atoms with Crippen molar-refractivity contribution in [3.63, 3.8) is 0 Å². The first-order valence-electron chi connectivity index (χ1n) is 11.0. The monoisotopic (exact) mass is 520 g/mol. The number of ether oxygens (including phenoxy) is 2. The summed E-state index contributed by atoms with van der Waals surface area (Å²) < 4.78 is 40.2. The highest BCUT2D eigenvalue weighted by molar-refractivity contribution is 6.30. The average Bonchev–Trinajstić information content (AvgIpc) is 3.39. The molecule has 0 saturated carbocycles. The summed E-state index contributed by atoms with van der Waals surface area (Å²) in [6.07, 6.45) is -1.19. The molecule has 4 rings (SSSR count). The molecule has 3 amide bonds. The van der Waals surface area contributed by atoms with Crippen molar-refractivity contribution in [2.24, 2.45) is 5.73 Å². The highest BCUT2D eigenvalue weighted by Gasteiger charge is 2.39. The third-order valence-electron chi connectivity index (χ3n) is 5.93. The zero-order chi connectivity index (χ0) is 26.0. The van der Waals surface area contributed by atoms with E-state index in [-0.39, 0.29) is 42.4 Å². The van der Waals surface area contributed by atoms with Gasteiger partial charge >= 0.3 is 6.09 Å². The van der Waals surface area contributed by atoms with Crippen molar-refractivity contribution in [1.29, 1.82) is 0 Å². The molecule has 0 spiro atoms. The summed E-state index contributed by atoms with van der Waals surface area (Å²) in [7, 11) is 1.48. The number of methoxy groups -OCH3 is 1. The molecule has 12 heteroatoms. The number of rotatable bonds is 7. The van der Waals surface area contributed by atoms with Crippen molar-refractivity contribution in [2.45, 2.75) is 31.7 Å². The predicted molar refractivity (Wildman–Crippen MR) is 127 cm³/mol. The van der Waals surface area contributed by atoms with Crippen LogP contribution < -0.4 is 20.5 Å². The molecule has 3 N–H and O–H groups in total. The number of alkyl halides is 1. The van der Waals surface area contributed by atoms with Gasteiger partial charge in [0, 0.05) is 30.1 Å². The topological polar surface area (TPSA) is 116 Å². The fourth-order valence-corrected chi connectivity index (χ4v) is 4.42. The number of carbonyl (C=O) groups is 3. The fourth-order valence-electron chi connectivity index (χ4n) is 4.22. The Balaban J connectivity index is 1.52. The average molecular weight is 521 g/mol. The number of carbonyl (C=O) groups excluding carboxylic acids is 3. The Kier molecular flexibility index (Phi) is 7.30. The van der Waals surface area contributed by atoms with E-state index in [2.05, 4.69) is 5.32 Å². The van der Waals surface area contributed by atoms with Gasteiger partial charge in [-0.2, -0.15) is 0 Å². The van der Waals surface area contributed by atoms with Crippen LogP contribution in [0, 0.1) is 5.82 Å². The van der Waals surface area contributed by atoms with Gasteiger partial charge in [0.05, 0.1) is 24.2 Å². The summed E-state index contributed by atoms with van der Waals surface area (Å²) in [5.74, 6) is -1.18. The van der Waals surface area contributed by atoms with E-state index in [1.165, 1.54) is 30.0 Å². The van der Waals surface area contributed by atoms with Crippen LogP contribution in [0.15, 0.2) is 42.6 Å². The zero-order valence-corrected chi connectivity index (χ0v) is 19.9. The van der Waals surface area contributed by atoms with E-state index in [0.717, 1.165) is 4.90 Å². The van der Waals surface area contributed by atoms with Crippen LogP contribution in [0.5, 0.6) is 11.5 Å². The molecule has 190 valence electrons. The lowest BCUT2D eigenvalue weighted by atomic mass is 10.1. The first kappa shape index (κ1) is 25.2. The Bertz CT molecular complexity index is 1330. The fraction of sp³-hybridized carbons (Fsp3) is 0.292. The van der Waals surface area contributed by atoms with Gasteiger partial charge in [0.15, 0.2) is 5.75 Å². The molecule has 2 heterocycles. The number of hydrogen-bond donors (Lipinski definition) is 2. The zero-order valence-electron chi connectivity index (χ0n) is 19.2. The van der Waals surface area contributed by atoms with E-state index in [1.807, 2.05) is 0 Å². The summed E-state index contributed by atoms with van der Waals surface area (Å²) in [6.45, 7) is -0.691. The Morgan fingerprint density at radius 1 is 1.25 bits per heavy atom. The Morgan fingerprint density at radius 3 is 2.75 bits per heavy atom. The van der Waals surface area contributed by atoms with Gasteiger partial charge in [0.2, 0.25) is 11.8 Å². The van der Waals surface area contributed by atoms with E-state index in [9.17, 15) is 23.2 Å². The van der Waals surface area contributed by atoms with Gasteiger partial charge in [-0.3, -0.25) is 9.59 Å². The van der Waals surface area contributed by atoms with Gasteiger partial charge in [-0.15, -0.1) is 0 Å². The molecule has 1 saturated heterocycles. The molecule has 36 heavy (non-hydrogen) atoms. The van der Waals surface area contributed by atoms with Crippen molar-refractivity contribution < 1.29 is 32.6 Å². The molecular formula is C24H23ClF2N4O5. The maximum Gasteiger partial charge on any atom is 0.410 e. The van der Waals surface area contributed by atoms with E-state index >= 15 is 0 Å². The molecule has 1 fully saturated rings. The van der Waals surface area contributed by atoms with Crippen molar-refractivity contribution in [3.05, 3.63) is 59.0 Å². The van der Waals surface area contributed by atoms with E-state index < -0.39 is 35.9 Å². The number of primary amides is 1. The molecule has 0 unspecified atom stereocenters. The minimum absolute atomic E-state index is 0.0838. The highest BCUT2D eigenvalue weighted by Crippen LogP contribution is 2.32. The van der Waals surface area contributed by atoms with Crippen molar-refractivity contribution in [1.82, 2.24) is 14.8 Å². The van der Waals surface area contributed by atoms with Crippen LogP contribution in [0.1, 0.15) is 12.0 Å². The molecule has 3 aromatic rings. The van der Waals surface area contributed by atoms with Crippen LogP contribution in [0.4, 0.5) is 13.6 Å². The van der Waals surface area contributed by atoms with E-state index in [0.29, 0.717) is 16.7 Å². The van der Waals surface area contributed by atoms with Crippen molar-refractivity contribution >= 4 is 40.4 Å². The van der Waals surface area contributed by atoms with Crippen LogP contribution in [0.2, 0.25) is 5.02 Å². The van der Waals surface area contributed by atoms with E-state index in [4.69, 9.17) is 26.8 Å². The molecule has 0 radical (unpaired) electrons. The van der Waals surface area contributed by atoms with Crippen LogP contribution in [0.3, 0.4) is 0 Å². The van der Waals surface area contributed by atoms with Gasteiger partial charge in [0.1, 0.15) is 30.3 Å². The second-order valence-electron chi connectivity index (χ2n) is 8.25. The highest BCUT2D eigenvalue weighted by atomic mass is 35.5. The second kappa shape index (κ2) is 10.4. The lowest BCUT2D eigenvalue weighted by molar-refractivity contribution is -0.139. The van der Waals surface area contributed by atoms with Crippen LogP contribution in [-0.4, -0.2) is 53.2 Å². The van der Waals surface area contributed by atoms with Gasteiger partial charge in [-0.25, -0.2) is 13.6 Å². The second-order valence-corrected chi connectivity index (χ2v) is 8.66. The van der Waals surface area contributed by atoms with Gasteiger partial charge in [-0.1, -0.05) is 23.7 Å². The van der Waals surface area contributed by atoms with E-state index in [1.54, 1.807) is 24.3 Å². The number of benzene rings is 2. The number of nitrogens with zero attached hydrogens (tertiary/aromatic N) is 2. The molecule has 1 aliphatic heterocycles. The Morgan fingerprint density at radius 2 is 2.03 bits per heavy atom. The quantitative estimate of drug-likeness (QED) is 0.496. The van der Waals surface area contributed by atoms with Crippen LogP contribution in [-0.2, 0) is 22.7 Å². The number of amides is 3. The molecular weight excluding hydrogens is 498 g/mol. The van der Waals surface area contributed by atoms with Crippen molar-refractivity contribution in [2.75, 3.05) is 13.7 Å². The number of likely N-dealkylation sites (tertiary alicyclic amines) is 1. The third-order valence-corrected chi connectivity index (χ3v) is 6.22. The molecule has 9 nitrogen and oxygen atoms in total. The molecule has 0 bridgehead atoms. The number of hydrogen-bond acceptors (Lipinski definition) is 5. The number of fused-ring (bicyclic) bond motifs is 1. The molecule has 2 aromatic carbocycles. The predicted octanol–water partition coefficient (Wildman–Crippen LogP) is 3.16. The summed E-state index contributed by atoms with van der Waals surface area (Å²) in [5.41, 5.74) is 5.86. The normalized spacial score (nSPS) is 17.3. The minimum atomic E-state index is -1.40. The Hall–Kier alpha value is -3.86. The van der Waals surface area contributed by atoms with Crippen LogP contribution >= 0.6 is 11.6 Å². The first-order chi connectivity index (χ1) is 17.2. The standard InChI is InChI=1S/C24H23ClF2N4O5/c1-35-15-5-6-18-16(8-15)20(36-24(28)34)11-30(18)12-21(32)31-10-14(26)7-19(31)23(33)29-9-13-3-2-4-17(25)22(13)27/h2-6,8,11,14,19H,7,9-10,12H2,1H3,(H2,28,34)(H,29,33)/t14-,19+/m1/s1. The number of halogens is 3. The number of aromatic nitrogens is 1. The lowest BCUT2D eigenvalue weighted by Crippen LogP contribution is -2.46. The summed E-state index contributed by atoms with van der Waals surface area (Å²) in [4.78, 5) is 38.5. The minimum Gasteiger partial charge on any atom is -0.497 e. The summed E-state index contributed by atoms with van der Waals surface area (Å²) >= 11 is 5.77. The van der Waals surface area contributed by atoms with Gasteiger partial charge < -0.3 is 30.0 Å². The van der Waals surface area contributed by atoms with Crippen molar-refractivity contribution in [3.8, 4) is 11.5 Å². The maximum atomic E-state index is 14.3. The lowest BCUT2D eigenvalue weighted by Gasteiger charge is -2.24. The Labute approximate surface area is 209 Å². The number of nitrogens with two attached hydrogens (primary N) is 1. The molecule has 2 atom stereocenters. The molecule has 1 aromatic heterocycles. The largest absolute Gasteiger partial charge is 0.497 e. The molecule has 0 aliphatic carbocycles. The van der Waals surface area contributed by atoms with Crippen LogP contribution in [0.25, 0.3) is 10.9 Å². The summed E-state index contributed by atoms with van der Waals surface area (Å²) in [5, 5.41) is 2.95. The SMILES string of the molecule is COc1ccc2c(c1)c(OC(N)=O)cn2CC(=O)N1C[C@H](F)C[C@H]1C(=O)NCc1cccc(Cl)c1F. The van der Waals surface area contributed by atoms with Gasteiger partial charge in [-0.05, 0) is 24.3 Å². The number of nitrogens with one attached hydrogen (secondary N) is 1. The van der Waals surface area contributed by atoms with Gasteiger partial charge in [0.25, 0.3) is 0 Å². The summed E-state index contributed by atoms with van der Waals surface area (Å²) in [6, 6.07) is 8.27. The maximum absolute atomic E-state index is 14.3. The first-order valence-corrected chi connectivity index (χ1v) is 11.3. The molecule has 1 aliphatic rings. The third kappa shape index (κ3) is 5.20.